The van der Waals surface area contributed by atoms with Gasteiger partial charge >= 0.3 is 128 Å². The molecule has 2 heteroatoms. The van der Waals surface area contributed by atoms with Crippen LogP contribution in [0.5, 0.6) is 0 Å². The van der Waals surface area contributed by atoms with Gasteiger partial charge in [0.05, 0.1) is 0 Å². The van der Waals surface area contributed by atoms with E-state index in [2.05, 4.69) is 20.3 Å². The summed E-state index contributed by atoms with van der Waals surface area (Å²) in [6.45, 7) is 0.236. The molecule has 2 spiro atoms. The first kappa shape index (κ1) is 8.05. The molecular formula is C23H24Fe2. The van der Waals surface area contributed by atoms with Gasteiger partial charge in [0.15, 0.2) is 0 Å². The van der Waals surface area contributed by atoms with Gasteiger partial charge in [0.25, 0.3) is 0 Å². The van der Waals surface area contributed by atoms with Crippen LogP contribution >= 0.6 is 0 Å². The predicted octanol–water partition coefficient (Wildman–Crippen LogP) is 7.68. The van der Waals surface area contributed by atoms with Crippen LogP contribution in [0.25, 0.3) is 0 Å². The van der Waals surface area contributed by atoms with E-state index in [1.807, 2.05) is 0 Å². The van der Waals surface area contributed by atoms with Crippen molar-refractivity contribution in [3.05, 3.63) is 0 Å². The molecule has 10 atom stereocenters. The van der Waals surface area contributed by atoms with Crippen molar-refractivity contribution < 1.29 is 13.0 Å². The molecule has 0 aliphatic carbocycles. The fraction of sp³-hybridized carbons (Fsp3) is 1.00. The molecule has 20 heterocycles. The fourth-order valence-corrected chi connectivity index (χ4v) is 194. The Kier molecular flexibility index (Phi) is 0.173. The van der Waals surface area contributed by atoms with E-state index >= 15 is 0 Å². The van der Waals surface area contributed by atoms with Crippen LogP contribution in [-0.4, -0.2) is 0 Å². The second-order valence-corrected chi connectivity index (χ2v) is 67.9. The number of rotatable bonds is 2. The van der Waals surface area contributed by atoms with Crippen LogP contribution in [0.4, 0.5) is 0 Å². The summed E-state index contributed by atoms with van der Waals surface area (Å²) < 4.78 is 4.88. The standard InChI is InChI=1S/C13H14.2C5H5.2Fe/c1-10-5-3-7-12(10)9-13-8-4-6-11(13)2;2*1-2-4-5-3-1;;/h3-8H,9H2,1-2H3;2*1-5H;;. The van der Waals surface area contributed by atoms with Gasteiger partial charge in [0, 0.05) is 0 Å². The van der Waals surface area contributed by atoms with Gasteiger partial charge in [-0.25, -0.2) is 0 Å². The molecule has 0 N–H and O–H groups in total. The van der Waals surface area contributed by atoms with Gasteiger partial charge in [0.2, 0.25) is 0 Å². The summed E-state index contributed by atoms with van der Waals surface area (Å²) in [5.74, 6) is 0. The van der Waals surface area contributed by atoms with Crippen LogP contribution in [0, 0.1) is 0 Å². The third-order valence-electron chi connectivity index (χ3n) is 32.5. The van der Waals surface area contributed by atoms with Gasteiger partial charge in [0.1, 0.15) is 0 Å². The minimum atomic E-state index is -2.95. The average Bonchev–Trinajstić information content (AvgIpc) is 3.44. The fourth-order valence-electron chi connectivity index (χ4n) is 37.6. The Morgan fingerprint density at radius 1 is 0.480 bits per heavy atom. The first-order chi connectivity index (χ1) is 11.6. The SMILES string of the molecule is C[C]12[CH]3[CH]4[CH]5[C]1(C[C]16[CH]7[CH]8[CH]9[C]1(C)[Fe]89761%10%11%12[CH]6[CH]1[CH]%10[CH]%11[CH]6%12)[Fe]43521678[CH]2[CH]1[CH]6[CH]7[CH]28. The molecular weight excluding hydrogens is 388 g/mol. The Labute approximate surface area is 127 Å². The Morgan fingerprint density at radius 2 is 0.800 bits per heavy atom. The predicted molar refractivity (Wildman–Crippen MR) is 86.7 cm³/mol. The van der Waals surface area contributed by atoms with Gasteiger partial charge in [-0.1, -0.05) is 0 Å². The van der Waals surface area contributed by atoms with E-state index in [0.717, 1.165) is 0 Å². The summed E-state index contributed by atoms with van der Waals surface area (Å²) >= 11 is 0. The third-order valence-corrected chi connectivity index (χ3v) is 122. The monoisotopic (exact) mass is 412 g/mol. The quantitative estimate of drug-likeness (QED) is 0.408. The Bertz CT molecular complexity index is 1910. The molecule has 20 rings (SSSR count). The van der Waals surface area contributed by atoms with Crippen molar-refractivity contribution in [1.29, 1.82) is 0 Å². The van der Waals surface area contributed by atoms with Crippen LogP contribution in [0.1, 0.15) is 20.3 Å². The summed E-state index contributed by atoms with van der Waals surface area (Å²) in [4.78, 5) is 25.2. The van der Waals surface area contributed by atoms with Crippen molar-refractivity contribution in [2.24, 2.45) is 0 Å². The third kappa shape index (κ3) is 0.0625. The second-order valence-electron chi connectivity index (χ2n) is 20.7. The summed E-state index contributed by atoms with van der Waals surface area (Å²) in [6.07, 6.45) is 2.07. The van der Waals surface area contributed by atoms with Gasteiger partial charge < -0.3 is 0 Å². The molecule has 20 aliphatic rings. The van der Waals surface area contributed by atoms with E-state index in [1.165, 1.54) is 17.3 Å². The molecule has 132 valence electrons. The van der Waals surface area contributed by atoms with Gasteiger partial charge in [-0.15, -0.1) is 0 Å². The van der Waals surface area contributed by atoms with Crippen molar-refractivity contribution in [3.63, 3.8) is 0 Å². The van der Waals surface area contributed by atoms with E-state index in [1.54, 1.807) is 77.1 Å². The van der Waals surface area contributed by atoms with E-state index in [9.17, 15) is 0 Å². The zero-order chi connectivity index (χ0) is 14.6. The first-order valence-electron chi connectivity index (χ1n) is 12.0. The minimum absolute atomic E-state index is 1.18. The molecule has 0 nitrogen and oxygen atoms in total. The molecule has 0 amide bonds. The summed E-state index contributed by atoms with van der Waals surface area (Å²) in [5.41, 5.74) is 0. The molecule has 20 fully saturated rings. The van der Waals surface area contributed by atoms with E-state index < -0.39 is 13.0 Å². The number of hydrogen-bond acceptors (Lipinski definition) is 0. The average molecular weight is 412 g/mol. The van der Waals surface area contributed by atoms with Gasteiger partial charge in [-0.2, -0.15) is 0 Å². The van der Waals surface area contributed by atoms with Gasteiger partial charge in [-0.05, 0) is 0 Å². The van der Waals surface area contributed by atoms with Crippen LogP contribution in [0.15, 0.2) is 0 Å². The maximum absolute atomic E-state index is 3.07. The van der Waals surface area contributed by atoms with Gasteiger partial charge in [-0.3, -0.25) is 0 Å². The molecule has 10 unspecified atom stereocenters. The van der Waals surface area contributed by atoms with E-state index in [4.69, 9.17) is 0 Å². The molecule has 0 aromatic carbocycles. The van der Waals surface area contributed by atoms with Crippen molar-refractivity contribution in [2.75, 3.05) is 0 Å². The molecule has 0 bridgehead atoms. The second kappa shape index (κ2) is 0.538. The molecule has 25 heavy (non-hydrogen) atoms. The van der Waals surface area contributed by atoms with Crippen LogP contribution in [0.2, 0.25) is 94.3 Å². The summed E-state index contributed by atoms with van der Waals surface area (Å²) in [6, 6.07) is 0. The molecule has 0 radical (unpaired) electrons. The van der Waals surface area contributed by atoms with Crippen molar-refractivity contribution >= 4 is 0 Å². The Hall–Kier alpha value is 1.04. The zero-order valence-corrected chi connectivity index (χ0v) is 16.9. The summed E-state index contributed by atoms with van der Waals surface area (Å²) in [7, 11) is 0. The van der Waals surface area contributed by atoms with E-state index in [0.29, 0.717) is 0 Å². The maximum atomic E-state index is 3.07. The normalized spacial score (nSPS) is 165. The zero-order valence-electron chi connectivity index (χ0n) is 14.7. The van der Waals surface area contributed by atoms with Crippen LogP contribution in [0.3, 0.4) is 0 Å². The molecule has 0 saturated carbocycles. The topological polar surface area (TPSA) is 0 Å². The molecule has 20 aliphatic heterocycles. The Morgan fingerprint density at radius 3 is 0.920 bits per heavy atom. The number of fused-ring (bicyclic) bond motifs is 20. The van der Waals surface area contributed by atoms with Crippen LogP contribution in [-0.2, 0) is 13.0 Å². The molecule has 0 aromatic heterocycles. The Balaban J connectivity index is 1.17. The molecule has 20 saturated heterocycles. The van der Waals surface area contributed by atoms with Crippen molar-refractivity contribution in [3.8, 4) is 0 Å². The van der Waals surface area contributed by atoms with Crippen molar-refractivity contribution in [1.82, 2.24) is 0 Å². The number of hydrogen-bond donors (Lipinski definition) is 0. The van der Waals surface area contributed by atoms with E-state index in [-0.39, 0.29) is 0 Å². The first-order valence-corrected chi connectivity index (χ1v) is 24.4. The van der Waals surface area contributed by atoms with Crippen molar-refractivity contribution in [2.45, 2.75) is 115 Å². The summed E-state index contributed by atoms with van der Waals surface area (Å²) in [5, 5.41) is 0. The van der Waals surface area contributed by atoms with Crippen LogP contribution < -0.4 is 0 Å². The molecule has 0 aromatic rings.